The third-order valence-corrected chi connectivity index (χ3v) is 3.60. The highest BCUT2D eigenvalue weighted by atomic mass is 16.4. The molecule has 0 aliphatic rings. The summed E-state index contributed by atoms with van der Waals surface area (Å²) in [6, 6.07) is 0. The van der Waals surface area contributed by atoms with Crippen LogP contribution in [0.5, 0.6) is 0 Å². The Hall–Kier alpha value is -1.87. The second-order valence-corrected chi connectivity index (χ2v) is 10.7. The molecular formula is C21H50N3O10+3. The van der Waals surface area contributed by atoms with Crippen LogP contribution < -0.4 is 0 Å². The number of carboxylic acids is 3. The molecule has 13 heteroatoms. The van der Waals surface area contributed by atoms with Crippen LogP contribution >= 0.6 is 0 Å². The molecule has 34 heavy (non-hydrogen) atoms. The second kappa shape index (κ2) is 18.5. The number of rotatable bonds is 11. The zero-order valence-corrected chi connectivity index (χ0v) is 22.4. The van der Waals surface area contributed by atoms with E-state index in [9.17, 15) is 14.4 Å². The maximum Gasteiger partial charge on any atom is 0.336 e. The number of hydrogen-bond acceptors (Lipinski definition) is 7. The number of carboxylic acid groups (broad SMARTS) is 3. The normalized spacial score (nSPS) is 11.6. The Bertz CT molecular complexity index is 511. The standard InChI is InChI=1S/C6H8O7.3C5H14NO/c7-3(8)1-6(13,5(11)12)2-4(9)10;3*1-6(2,3)4-5-7/h13H,1-2H2,(H,7,8)(H,9,10)(H,11,12);3*7H,4-5H2,1-3H3/q;3*+1. The van der Waals surface area contributed by atoms with Gasteiger partial charge in [-0.2, -0.15) is 0 Å². The van der Waals surface area contributed by atoms with Gasteiger partial charge in [-0.3, -0.25) is 9.59 Å². The van der Waals surface area contributed by atoms with Crippen molar-refractivity contribution in [3.05, 3.63) is 0 Å². The summed E-state index contributed by atoms with van der Waals surface area (Å²) in [5.74, 6) is -5.02. The SMILES string of the molecule is C[N+](C)(C)CCO.C[N+](C)(C)CCO.C[N+](C)(C)CCO.O=C(O)CC(O)(CC(=O)O)C(=O)O. The van der Waals surface area contributed by atoms with Crippen LogP contribution in [0.4, 0.5) is 0 Å². The highest BCUT2D eigenvalue weighted by Crippen LogP contribution is 2.15. The molecule has 0 heterocycles. The lowest BCUT2D eigenvalue weighted by molar-refractivity contribution is -0.870. The molecule has 0 saturated carbocycles. The molecule has 206 valence electrons. The van der Waals surface area contributed by atoms with E-state index in [1.165, 1.54) is 0 Å². The van der Waals surface area contributed by atoms with E-state index in [2.05, 4.69) is 63.4 Å². The number of quaternary nitrogens is 3. The van der Waals surface area contributed by atoms with Gasteiger partial charge in [0.15, 0.2) is 5.60 Å². The van der Waals surface area contributed by atoms with Crippen molar-refractivity contribution in [1.29, 1.82) is 0 Å². The molecule has 0 aliphatic carbocycles. The topological polar surface area (TPSA) is 193 Å². The molecule has 0 aromatic heterocycles. The number of nitrogens with zero attached hydrogens (tertiary/aromatic N) is 3. The molecule has 0 aromatic rings. The van der Waals surface area contributed by atoms with Gasteiger partial charge in [0.1, 0.15) is 19.6 Å². The molecular weight excluding hydrogens is 454 g/mol. The summed E-state index contributed by atoms with van der Waals surface area (Å²) in [4.78, 5) is 30.5. The molecule has 0 atom stereocenters. The van der Waals surface area contributed by atoms with Crippen LogP contribution in [0.1, 0.15) is 12.8 Å². The molecule has 0 fully saturated rings. The Labute approximate surface area is 203 Å². The highest BCUT2D eigenvalue weighted by Gasteiger charge is 2.40. The lowest BCUT2D eigenvalue weighted by Gasteiger charge is -2.21. The lowest BCUT2D eigenvalue weighted by Crippen LogP contribution is -2.42. The summed E-state index contributed by atoms with van der Waals surface area (Å²) in [5, 5.41) is 59.0. The predicted octanol–water partition coefficient (Wildman–Crippen LogP) is -2.19. The van der Waals surface area contributed by atoms with E-state index in [1.54, 1.807) is 0 Å². The number of aliphatic hydroxyl groups is 4. The molecule has 0 radical (unpaired) electrons. The Morgan fingerprint density at radius 1 is 0.559 bits per heavy atom. The van der Waals surface area contributed by atoms with E-state index < -0.39 is 36.4 Å². The first-order chi connectivity index (χ1) is 15.0. The summed E-state index contributed by atoms with van der Waals surface area (Å²) in [6.45, 7) is 3.34. The minimum absolute atomic E-state index is 0.281. The van der Waals surface area contributed by atoms with Gasteiger partial charge < -0.3 is 49.2 Å². The number of aliphatic hydroxyl groups excluding tert-OH is 3. The number of hydrogen-bond donors (Lipinski definition) is 7. The smallest absolute Gasteiger partial charge is 0.336 e. The number of aliphatic carboxylic acids is 3. The van der Waals surface area contributed by atoms with Gasteiger partial charge in [0.2, 0.25) is 0 Å². The Morgan fingerprint density at radius 3 is 0.824 bits per heavy atom. The van der Waals surface area contributed by atoms with Crippen molar-refractivity contribution in [3.63, 3.8) is 0 Å². The quantitative estimate of drug-likeness (QED) is 0.152. The van der Waals surface area contributed by atoms with Crippen LogP contribution in [0, 0.1) is 0 Å². The van der Waals surface area contributed by atoms with Gasteiger partial charge in [-0.25, -0.2) is 4.79 Å². The van der Waals surface area contributed by atoms with E-state index in [4.69, 9.17) is 35.7 Å². The van der Waals surface area contributed by atoms with Gasteiger partial charge in [-0.15, -0.1) is 0 Å². The fourth-order valence-electron chi connectivity index (χ4n) is 1.61. The van der Waals surface area contributed by atoms with Gasteiger partial charge in [-0.05, 0) is 0 Å². The molecule has 0 rings (SSSR count). The monoisotopic (exact) mass is 504 g/mol. The summed E-state index contributed by atoms with van der Waals surface area (Å²) in [6.07, 6.45) is -2.29. The Balaban J connectivity index is -0.000000186. The average Bonchev–Trinajstić information content (AvgIpc) is 2.51. The number of likely N-dealkylation sites (N-methyl/N-ethyl adjacent to an activating group) is 3. The molecule has 0 aromatic carbocycles. The van der Waals surface area contributed by atoms with Crippen molar-refractivity contribution < 1.29 is 63.6 Å². The summed E-state index contributed by atoms with van der Waals surface area (Å²) in [5.41, 5.74) is -2.74. The first kappa shape index (κ1) is 39.3. The van der Waals surface area contributed by atoms with E-state index in [1.807, 2.05) is 0 Å². The van der Waals surface area contributed by atoms with Crippen LogP contribution in [0.25, 0.3) is 0 Å². The summed E-state index contributed by atoms with van der Waals surface area (Å²) >= 11 is 0. The van der Waals surface area contributed by atoms with Crippen molar-refractivity contribution in [3.8, 4) is 0 Å². The number of carbonyl (C=O) groups is 3. The largest absolute Gasteiger partial charge is 0.481 e. The van der Waals surface area contributed by atoms with Crippen molar-refractivity contribution in [2.75, 3.05) is 103 Å². The summed E-state index contributed by atoms with van der Waals surface area (Å²) in [7, 11) is 18.5. The van der Waals surface area contributed by atoms with Gasteiger partial charge >= 0.3 is 17.9 Å². The van der Waals surface area contributed by atoms with Crippen molar-refractivity contribution in [2.45, 2.75) is 18.4 Å². The van der Waals surface area contributed by atoms with Crippen molar-refractivity contribution in [1.82, 2.24) is 0 Å². The lowest BCUT2D eigenvalue weighted by atomic mass is 9.96. The maximum absolute atomic E-state index is 10.3. The van der Waals surface area contributed by atoms with Crippen LogP contribution in [-0.2, 0) is 14.4 Å². The van der Waals surface area contributed by atoms with Gasteiger partial charge in [0, 0.05) is 0 Å². The molecule has 0 amide bonds. The van der Waals surface area contributed by atoms with Crippen LogP contribution in [-0.4, -0.2) is 176 Å². The summed E-state index contributed by atoms with van der Waals surface area (Å²) < 4.78 is 2.53. The molecule has 0 spiro atoms. The van der Waals surface area contributed by atoms with Crippen LogP contribution in [0.15, 0.2) is 0 Å². The van der Waals surface area contributed by atoms with Gasteiger partial charge in [-0.1, -0.05) is 0 Å². The minimum atomic E-state index is -2.74. The molecule has 0 bridgehead atoms. The molecule has 13 nitrogen and oxygen atoms in total. The highest BCUT2D eigenvalue weighted by molar-refractivity contribution is 5.88. The average molecular weight is 505 g/mol. The van der Waals surface area contributed by atoms with Gasteiger partial charge in [0.05, 0.1) is 96.1 Å². The zero-order chi connectivity index (χ0) is 28.4. The predicted molar refractivity (Wildman–Crippen MR) is 127 cm³/mol. The van der Waals surface area contributed by atoms with Crippen molar-refractivity contribution >= 4 is 17.9 Å². The first-order valence-electron chi connectivity index (χ1n) is 10.6. The molecule has 0 saturated heterocycles. The van der Waals surface area contributed by atoms with Gasteiger partial charge in [0.25, 0.3) is 0 Å². The first-order valence-corrected chi connectivity index (χ1v) is 10.6. The third-order valence-electron chi connectivity index (χ3n) is 3.60. The zero-order valence-electron chi connectivity index (χ0n) is 22.4. The minimum Gasteiger partial charge on any atom is -0.481 e. The molecule has 7 N–H and O–H groups in total. The fraction of sp³-hybridized carbons (Fsp3) is 0.857. The van der Waals surface area contributed by atoms with Crippen LogP contribution in [0.3, 0.4) is 0 Å². The van der Waals surface area contributed by atoms with E-state index in [0.717, 1.165) is 33.1 Å². The maximum atomic E-state index is 10.3. The Morgan fingerprint density at radius 2 is 0.765 bits per heavy atom. The van der Waals surface area contributed by atoms with E-state index in [0.29, 0.717) is 0 Å². The second-order valence-electron chi connectivity index (χ2n) is 10.7. The Kier molecular flexibility index (Phi) is 21.4. The third kappa shape index (κ3) is 37.4. The molecule has 0 unspecified atom stereocenters. The fourth-order valence-corrected chi connectivity index (χ4v) is 1.61. The van der Waals surface area contributed by atoms with E-state index >= 15 is 0 Å². The van der Waals surface area contributed by atoms with E-state index in [-0.39, 0.29) is 19.8 Å². The van der Waals surface area contributed by atoms with Crippen molar-refractivity contribution in [2.24, 2.45) is 0 Å². The van der Waals surface area contributed by atoms with Crippen LogP contribution in [0.2, 0.25) is 0 Å². The molecule has 0 aliphatic heterocycles.